The first-order chi connectivity index (χ1) is 10.0. The first-order valence-electron chi connectivity index (χ1n) is 5.90. The second-order valence-corrected chi connectivity index (χ2v) is 4.10. The molecule has 21 heavy (non-hydrogen) atoms. The molecule has 1 amide bonds. The second kappa shape index (κ2) is 5.79. The van der Waals surface area contributed by atoms with E-state index >= 15 is 0 Å². The van der Waals surface area contributed by atoms with Gasteiger partial charge in [-0.05, 0) is 31.2 Å². The number of aromatic carboxylic acids is 1. The molecule has 104 valence electrons. The van der Waals surface area contributed by atoms with Crippen molar-refractivity contribution in [3.05, 3.63) is 53.1 Å². The van der Waals surface area contributed by atoms with Gasteiger partial charge in [-0.3, -0.25) is 4.79 Å². The van der Waals surface area contributed by atoms with E-state index in [-0.39, 0.29) is 17.1 Å². The molecule has 0 saturated heterocycles. The summed E-state index contributed by atoms with van der Waals surface area (Å²) in [5.74, 6) is -1.81. The van der Waals surface area contributed by atoms with Gasteiger partial charge in [0.1, 0.15) is 11.8 Å². The maximum absolute atomic E-state index is 12.1. The van der Waals surface area contributed by atoms with E-state index in [4.69, 9.17) is 10.4 Å². The van der Waals surface area contributed by atoms with Gasteiger partial charge >= 0.3 is 5.97 Å². The van der Waals surface area contributed by atoms with Gasteiger partial charge in [0.25, 0.3) is 5.91 Å². The maximum atomic E-state index is 12.1. The molecule has 0 fully saturated rings. The molecule has 0 radical (unpaired) electrons. The molecule has 2 rings (SSSR count). The Bertz CT molecular complexity index is 765. The summed E-state index contributed by atoms with van der Waals surface area (Å²) in [6.07, 6.45) is 1.32. The summed E-state index contributed by atoms with van der Waals surface area (Å²) >= 11 is 0. The van der Waals surface area contributed by atoms with E-state index in [0.29, 0.717) is 11.3 Å². The molecular formula is C14H10N4O3. The first-order valence-corrected chi connectivity index (χ1v) is 5.90. The van der Waals surface area contributed by atoms with Crippen LogP contribution in [0.5, 0.6) is 0 Å². The molecule has 7 nitrogen and oxygen atoms in total. The van der Waals surface area contributed by atoms with Gasteiger partial charge in [0.15, 0.2) is 5.69 Å². The number of carbonyl (C=O) groups excluding carboxylic acids is 1. The van der Waals surface area contributed by atoms with Crippen LogP contribution in [0.2, 0.25) is 0 Å². The van der Waals surface area contributed by atoms with Gasteiger partial charge in [0, 0.05) is 6.20 Å². The zero-order chi connectivity index (χ0) is 15.4. The van der Waals surface area contributed by atoms with Crippen molar-refractivity contribution in [2.45, 2.75) is 6.92 Å². The molecule has 0 aliphatic heterocycles. The minimum Gasteiger partial charge on any atom is -0.476 e. The van der Waals surface area contributed by atoms with Crippen LogP contribution < -0.4 is 5.32 Å². The third-order valence-corrected chi connectivity index (χ3v) is 2.70. The largest absolute Gasteiger partial charge is 0.476 e. The molecule has 0 spiro atoms. The van der Waals surface area contributed by atoms with Gasteiger partial charge in [-0.25, -0.2) is 14.8 Å². The molecule has 2 heterocycles. The van der Waals surface area contributed by atoms with Crippen molar-refractivity contribution in [3.8, 4) is 6.07 Å². The predicted molar refractivity (Wildman–Crippen MR) is 72.8 cm³/mol. The van der Waals surface area contributed by atoms with Crippen LogP contribution in [0.3, 0.4) is 0 Å². The lowest BCUT2D eigenvalue weighted by molar-refractivity contribution is 0.0691. The molecule has 0 aliphatic rings. The Morgan fingerprint density at radius 3 is 2.71 bits per heavy atom. The quantitative estimate of drug-likeness (QED) is 0.883. The van der Waals surface area contributed by atoms with E-state index < -0.39 is 11.9 Å². The zero-order valence-corrected chi connectivity index (χ0v) is 11.0. The van der Waals surface area contributed by atoms with Crippen molar-refractivity contribution in [2.24, 2.45) is 0 Å². The number of nitrogens with zero attached hydrogens (tertiary/aromatic N) is 3. The number of carboxylic acids is 1. The summed E-state index contributed by atoms with van der Waals surface area (Å²) in [5, 5.41) is 20.3. The van der Waals surface area contributed by atoms with E-state index in [1.165, 1.54) is 30.5 Å². The summed E-state index contributed by atoms with van der Waals surface area (Å²) in [5.41, 5.74) is 0.718. The minimum absolute atomic E-state index is 0.0822. The van der Waals surface area contributed by atoms with Gasteiger partial charge in [0.05, 0.1) is 16.9 Å². The van der Waals surface area contributed by atoms with E-state index in [0.717, 1.165) is 0 Å². The Kier molecular flexibility index (Phi) is 3.90. The molecular weight excluding hydrogens is 272 g/mol. The third kappa shape index (κ3) is 3.01. The number of anilines is 1. The number of aromatic nitrogens is 2. The Morgan fingerprint density at radius 1 is 1.33 bits per heavy atom. The average Bonchev–Trinajstić information content (AvgIpc) is 2.47. The number of pyridine rings is 2. The summed E-state index contributed by atoms with van der Waals surface area (Å²) in [4.78, 5) is 30.8. The SMILES string of the molecule is Cc1nc(C(=O)Nc2cccnc2C(=O)O)ccc1C#N. The number of carboxylic acid groups (broad SMARTS) is 1. The molecule has 0 unspecified atom stereocenters. The zero-order valence-electron chi connectivity index (χ0n) is 11.0. The van der Waals surface area contributed by atoms with Crippen LogP contribution in [0.4, 0.5) is 5.69 Å². The fraction of sp³-hybridized carbons (Fsp3) is 0.0714. The van der Waals surface area contributed by atoms with Crippen LogP contribution in [-0.4, -0.2) is 27.0 Å². The molecule has 0 atom stereocenters. The fourth-order valence-corrected chi connectivity index (χ4v) is 1.67. The Hall–Kier alpha value is -3.27. The lowest BCUT2D eigenvalue weighted by Gasteiger charge is -2.07. The van der Waals surface area contributed by atoms with Crippen molar-refractivity contribution in [2.75, 3.05) is 5.32 Å². The maximum Gasteiger partial charge on any atom is 0.356 e. The van der Waals surface area contributed by atoms with E-state index in [2.05, 4.69) is 15.3 Å². The molecule has 0 aliphatic carbocycles. The smallest absolute Gasteiger partial charge is 0.356 e. The summed E-state index contributed by atoms with van der Waals surface area (Å²) in [7, 11) is 0. The summed E-state index contributed by atoms with van der Waals surface area (Å²) in [6, 6.07) is 7.79. The molecule has 2 N–H and O–H groups in total. The van der Waals surface area contributed by atoms with Crippen LogP contribution in [0.15, 0.2) is 30.5 Å². The van der Waals surface area contributed by atoms with Crippen LogP contribution >= 0.6 is 0 Å². The van der Waals surface area contributed by atoms with Gasteiger partial charge in [-0.1, -0.05) is 0 Å². The molecule has 7 heteroatoms. The van der Waals surface area contributed by atoms with Crippen LogP contribution in [0.25, 0.3) is 0 Å². The normalized spacial score (nSPS) is 9.71. The highest BCUT2D eigenvalue weighted by Gasteiger charge is 2.15. The van der Waals surface area contributed by atoms with Crippen LogP contribution in [0.1, 0.15) is 32.2 Å². The number of hydrogen-bond donors (Lipinski definition) is 2. The van der Waals surface area contributed by atoms with Gasteiger partial charge < -0.3 is 10.4 Å². The predicted octanol–water partition coefficient (Wildman–Crippen LogP) is 1.61. The van der Waals surface area contributed by atoms with Crippen LogP contribution in [0, 0.1) is 18.3 Å². The Morgan fingerprint density at radius 2 is 2.10 bits per heavy atom. The summed E-state index contributed by atoms with van der Waals surface area (Å²) in [6.45, 7) is 1.61. The van der Waals surface area contributed by atoms with Gasteiger partial charge in [0.2, 0.25) is 0 Å². The van der Waals surface area contributed by atoms with E-state index in [9.17, 15) is 9.59 Å². The molecule has 2 aromatic heterocycles. The third-order valence-electron chi connectivity index (χ3n) is 2.70. The van der Waals surface area contributed by atoms with E-state index in [1.807, 2.05) is 6.07 Å². The molecule has 0 saturated carbocycles. The lowest BCUT2D eigenvalue weighted by Crippen LogP contribution is -2.17. The standard InChI is InChI=1S/C14H10N4O3/c1-8-9(7-15)4-5-11(17-8)13(19)18-10-3-2-6-16-12(10)14(20)21/h2-6H,1H3,(H,18,19)(H,20,21). The lowest BCUT2D eigenvalue weighted by atomic mass is 10.2. The van der Waals surface area contributed by atoms with Crippen LogP contribution in [-0.2, 0) is 0 Å². The minimum atomic E-state index is -1.24. The van der Waals surface area contributed by atoms with Gasteiger partial charge in [-0.15, -0.1) is 0 Å². The number of nitrogens with one attached hydrogen (secondary N) is 1. The van der Waals surface area contributed by atoms with Crippen molar-refractivity contribution in [1.82, 2.24) is 9.97 Å². The molecule has 2 aromatic rings. The molecule has 0 bridgehead atoms. The van der Waals surface area contributed by atoms with Gasteiger partial charge in [-0.2, -0.15) is 5.26 Å². The van der Waals surface area contributed by atoms with E-state index in [1.54, 1.807) is 6.92 Å². The number of rotatable bonds is 3. The van der Waals surface area contributed by atoms with Crippen molar-refractivity contribution < 1.29 is 14.7 Å². The number of nitriles is 1. The van der Waals surface area contributed by atoms with Crippen molar-refractivity contribution in [3.63, 3.8) is 0 Å². The Balaban J connectivity index is 2.29. The van der Waals surface area contributed by atoms with Crippen molar-refractivity contribution >= 4 is 17.6 Å². The fourth-order valence-electron chi connectivity index (χ4n) is 1.67. The average molecular weight is 282 g/mol. The number of aryl methyl sites for hydroxylation is 1. The highest BCUT2D eigenvalue weighted by molar-refractivity contribution is 6.06. The van der Waals surface area contributed by atoms with Crippen molar-refractivity contribution in [1.29, 1.82) is 5.26 Å². The summed E-state index contributed by atoms with van der Waals surface area (Å²) < 4.78 is 0. The number of carbonyl (C=O) groups is 2. The number of amides is 1. The number of hydrogen-bond acceptors (Lipinski definition) is 5. The topological polar surface area (TPSA) is 116 Å². The highest BCUT2D eigenvalue weighted by Crippen LogP contribution is 2.14. The first kappa shape index (κ1) is 14.1. The highest BCUT2D eigenvalue weighted by atomic mass is 16.4. The second-order valence-electron chi connectivity index (χ2n) is 4.10. The monoisotopic (exact) mass is 282 g/mol. The Labute approximate surface area is 119 Å². The molecule has 0 aromatic carbocycles.